The van der Waals surface area contributed by atoms with E-state index in [1.165, 1.54) is 25.7 Å². The van der Waals surface area contributed by atoms with Crippen LogP contribution in [-0.2, 0) is 4.79 Å². The lowest BCUT2D eigenvalue weighted by molar-refractivity contribution is -0.188. The molecule has 0 spiro atoms. The Morgan fingerprint density at radius 2 is 2.00 bits per heavy atom. The second kappa shape index (κ2) is 2.93. The molecule has 0 unspecified atom stereocenters. The van der Waals surface area contributed by atoms with Crippen LogP contribution in [0.5, 0.6) is 0 Å². The fraction of sp³-hybridized carbons (Fsp3) is 0.889. The van der Waals surface area contributed by atoms with E-state index in [2.05, 4.69) is 0 Å². The summed E-state index contributed by atoms with van der Waals surface area (Å²) in [7, 11) is 0. The van der Waals surface area contributed by atoms with Crippen LogP contribution < -0.4 is 0 Å². The SMILES string of the molecule is CCC(F)(F)C1(C)CN(C(C)=O)C1. The Balaban J connectivity index is 2.60. The summed E-state index contributed by atoms with van der Waals surface area (Å²) in [6.07, 6.45) is -0.157. The Morgan fingerprint density at radius 1 is 1.54 bits per heavy atom. The van der Waals surface area contributed by atoms with Gasteiger partial charge in [0.2, 0.25) is 5.91 Å². The van der Waals surface area contributed by atoms with E-state index in [0.717, 1.165) is 0 Å². The van der Waals surface area contributed by atoms with Gasteiger partial charge >= 0.3 is 0 Å². The molecular weight excluding hydrogens is 176 g/mol. The highest BCUT2D eigenvalue weighted by molar-refractivity contribution is 5.74. The van der Waals surface area contributed by atoms with E-state index in [9.17, 15) is 13.6 Å². The predicted molar refractivity (Wildman–Crippen MR) is 45.6 cm³/mol. The summed E-state index contributed by atoms with van der Waals surface area (Å²) in [6, 6.07) is 0. The number of rotatable bonds is 2. The number of nitrogens with zero attached hydrogens (tertiary/aromatic N) is 1. The number of hydrogen-bond donors (Lipinski definition) is 0. The minimum atomic E-state index is -2.65. The van der Waals surface area contributed by atoms with Crippen molar-refractivity contribution < 1.29 is 13.6 Å². The van der Waals surface area contributed by atoms with Crippen molar-refractivity contribution in [3.05, 3.63) is 0 Å². The van der Waals surface area contributed by atoms with Crippen molar-refractivity contribution in [3.8, 4) is 0 Å². The normalized spacial score (nSPS) is 21.2. The molecule has 13 heavy (non-hydrogen) atoms. The highest BCUT2D eigenvalue weighted by Crippen LogP contribution is 2.45. The molecule has 0 bridgehead atoms. The van der Waals surface area contributed by atoms with Crippen LogP contribution in [0.15, 0.2) is 0 Å². The maximum absolute atomic E-state index is 13.3. The van der Waals surface area contributed by atoms with E-state index in [1.54, 1.807) is 0 Å². The standard InChI is InChI=1S/C9H15F2NO/c1-4-9(10,11)8(3)5-12(6-8)7(2)13/h4-6H2,1-3H3. The van der Waals surface area contributed by atoms with Gasteiger partial charge in [0.15, 0.2) is 0 Å². The topological polar surface area (TPSA) is 20.3 Å². The molecule has 1 rings (SSSR count). The van der Waals surface area contributed by atoms with Crippen LogP contribution in [-0.4, -0.2) is 29.8 Å². The maximum atomic E-state index is 13.3. The Bertz CT molecular complexity index is 222. The molecule has 0 aromatic heterocycles. The molecule has 0 aromatic rings. The minimum absolute atomic E-state index is 0.121. The summed E-state index contributed by atoms with van der Waals surface area (Å²) in [5.41, 5.74) is -1.01. The van der Waals surface area contributed by atoms with Crippen molar-refractivity contribution in [2.75, 3.05) is 13.1 Å². The third-order valence-corrected chi connectivity index (χ3v) is 2.85. The van der Waals surface area contributed by atoms with Gasteiger partial charge in [0, 0.05) is 26.4 Å². The first kappa shape index (κ1) is 10.4. The molecule has 0 saturated carbocycles. The quantitative estimate of drug-likeness (QED) is 0.652. The van der Waals surface area contributed by atoms with Crippen LogP contribution in [0.3, 0.4) is 0 Å². The lowest BCUT2D eigenvalue weighted by atomic mass is 9.75. The molecule has 1 saturated heterocycles. The molecule has 0 radical (unpaired) electrons. The second-order valence-corrected chi connectivity index (χ2v) is 3.99. The van der Waals surface area contributed by atoms with Crippen LogP contribution in [0, 0.1) is 5.41 Å². The average Bonchev–Trinajstić information content (AvgIpc) is 1.97. The highest BCUT2D eigenvalue weighted by Gasteiger charge is 2.56. The Morgan fingerprint density at radius 3 is 2.31 bits per heavy atom. The third-order valence-electron chi connectivity index (χ3n) is 2.85. The Hall–Kier alpha value is -0.670. The number of alkyl halides is 2. The molecule has 0 atom stereocenters. The molecule has 0 aliphatic carbocycles. The zero-order valence-electron chi connectivity index (χ0n) is 8.23. The molecule has 1 heterocycles. The monoisotopic (exact) mass is 191 g/mol. The summed E-state index contributed by atoms with van der Waals surface area (Å²) in [4.78, 5) is 12.3. The molecule has 1 aliphatic heterocycles. The number of likely N-dealkylation sites (tertiary alicyclic amines) is 1. The summed E-state index contributed by atoms with van der Waals surface area (Å²) in [5.74, 6) is -2.77. The molecule has 0 aromatic carbocycles. The van der Waals surface area contributed by atoms with E-state index in [1.807, 2.05) is 0 Å². The van der Waals surface area contributed by atoms with Gasteiger partial charge in [-0.3, -0.25) is 4.79 Å². The van der Waals surface area contributed by atoms with Gasteiger partial charge in [0.05, 0.1) is 5.41 Å². The zero-order valence-corrected chi connectivity index (χ0v) is 8.23. The number of carbonyl (C=O) groups is 1. The van der Waals surface area contributed by atoms with Gasteiger partial charge in [-0.15, -0.1) is 0 Å². The van der Waals surface area contributed by atoms with E-state index < -0.39 is 11.3 Å². The van der Waals surface area contributed by atoms with Crippen molar-refractivity contribution in [3.63, 3.8) is 0 Å². The average molecular weight is 191 g/mol. The van der Waals surface area contributed by atoms with Crippen molar-refractivity contribution in [2.24, 2.45) is 5.41 Å². The van der Waals surface area contributed by atoms with Crippen molar-refractivity contribution in [1.29, 1.82) is 0 Å². The van der Waals surface area contributed by atoms with Gasteiger partial charge in [-0.2, -0.15) is 0 Å². The van der Waals surface area contributed by atoms with Gasteiger partial charge in [-0.1, -0.05) is 13.8 Å². The van der Waals surface area contributed by atoms with E-state index in [4.69, 9.17) is 0 Å². The van der Waals surface area contributed by atoms with Gasteiger partial charge in [0.1, 0.15) is 0 Å². The van der Waals surface area contributed by atoms with E-state index in [0.29, 0.717) is 0 Å². The zero-order chi connectivity index (χ0) is 10.3. The molecule has 2 nitrogen and oxygen atoms in total. The van der Waals surface area contributed by atoms with Crippen LogP contribution >= 0.6 is 0 Å². The molecule has 1 fully saturated rings. The summed E-state index contributed by atoms with van der Waals surface area (Å²) < 4.78 is 26.6. The van der Waals surface area contributed by atoms with Crippen LogP contribution in [0.1, 0.15) is 27.2 Å². The molecule has 4 heteroatoms. The minimum Gasteiger partial charge on any atom is -0.341 e. The number of hydrogen-bond acceptors (Lipinski definition) is 1. The maximum Gasteiger partial charge on any atom is 0.256 e. The second-order valence-electron chi connectivity index (χ2n) is 3.99. The van der Waals surface area contributed by atoms with Crippen molar-refractivity contribution in [2.45, 2.75) is 33.1 Å². The first-order valence-electron chi connectivity index (χ1n) is 4.46. The number of amides is 1. The first-order chi connectivity index (χ1) is 5.82. The Kier molecular flexibility index (Phi) is 2.34. The smallest absolute Gasteiger partial charge is 0.256 e. The fourth-order valence-corrected chi connectivity index (χ4v) is 1.68. The molecular formula is C9H15F2NO. The molecule has 1 amide bonds. The number of halogens is 2. The van der Waals surface area contributed by atoms with Gasteiger partial charge in [0.25, 0.3) is 5.92 Å². The highest BCUT2D eigenvalue weighted by atomic mass is 19.3. The lowest BCUT2D eigenvalue weighted by Gasteiger charge is -2.51. The Labute approximate surface area is 76.9 Å². The summed E-state index contributed by atoms with van der Waals surface area (Å²) in [6.45, 7) is 4.79. The summed E-state index contributed by atoms with van der Waals surface area (Å²) >= 11 is 0. The van der Waals surface area contributed by atoms with Crippen molar-refractivity contribution in [1.82, 2.24) is 4.90 Å². The number of carbonyl (C=O) groups excluding carboxylic acids is 1. The van der Waals surface area contributed by atoms with Crippen molar-refractivity contribution >= 4 is 5.91 Å². The summed E-state index contributed by atoms with van der Waals surface area (Å²) in [5, 5.41) is 0. The van der Waals surface area contributed by atoms with Crippen LogP contribution in [0.2, 0.25) is 0 Å². The van der Waals surface area contributed by atoms with E-state index in [-0.39, 0.29) is 25.4 Å². The van der Waals surface area contributed by atoms with Gasteiger partial charge in [-0.25, -0.2) is 8.78 Å². The van der Waals surface area contributed by atoms with Gasteiger partial charge < -0.3 is 4.90 Å². The molecule has 0 N–H and O–H groups in total. The third kappa shape index (κ3) is 1.54. The lowest BCUT2D eigenvalue weighted by Crippen LogP contribution is -2.63. The van der Waals surface area contributed by atoms with E-state index >= 15 is 0 Å². The largest absolute Gasteiger partial charge is 0.341 e. The molecule has 1 aliphatic rings. The van der Waals surface area contributed by atoms with Crippen LogP contribution in [0.25, 0.3) is 0 Å². The fourth-order valence-electron chi connectivity index (χ4n) is 1.68. The first-order valence-corrected chi connectivity index (χ1v) is 4.46. The molecule has 76 valence electrons. The van der Waals surface area contributed by atoms with Crippen LogP contribution in [0.4, 0.5) is 8.78 Å². The predicted octanol–water partition coefficient (Wildman–Crippen LogP) is 1.90. The van der Waals surface area contributed by atoms with Gasteiger partial charge in [-0.05, 0) is 0 Å².